The van der Waals surface area contributed by atoms with Gasteiger partial charge in [-0.15, -0.1) is 11.3 Å². The molecule has 0 N–H and O–H groups in total. The lowest BCUT2D eigenvalue weighted by atomic mass is 10.0. The van der Waals surface area contributed by atoms with Crippen LogP contribution in [0.15, 0.2) is 22.0 Å². The summed E-state index contributed by atoms with van der Waals surface area (Å²) in [5, 5.41) is 0. The lowest BCUT2D eigenvalue weighted by molar-refractivity contribution is 0.555. The molecule has 0 amide bonds. The molecule has 18 heavy (non-hydrogen) atoms. The molecule has 0 saturated heterocycles. The average molecular weight is 396 g/mol. The largest absolute Gasteiger partial charge is 0.207 e. The zero-order chi connectivity index (χ0) is 13.4. The van der Waals surface area contributed by atoms with E-state index in [9.17, 15) is 8.78 Å². The number of hydrogen-bond donors (Lipinski definition) is 0. The van der Waals surface area contributed by atoms with Crippen molar-refractivity contribution in [3.63, 3.8) is 0 Å². The first-order valence-electron chi connectivity index (χ1n) is 5.26. The summed E-state index contributed by atoms with van der Waals surface area (Å²) < 4.78 is 28.8. The average Bonchev–Trinajstić information content (AvgIpc) is 2.63. The molecule has 1 aromatic heterocycles. The topological polar surface area (TPSA) is 0 Å². The highest BCUT2D eigenvalue weighted by Crippen LogP contribution is 2.40. The van der Waals surface area contributed by atoms with Crippen LogP contribution in [-0.4, -0.2) is 0 Å². The van der Waals surface area contributed by atoms with E-state index in [0.717, 1.165) is 14.2 Å². The number of alkyl halides is 1. The SMILES string of the molecule is Cc1ccc(F)c(C(Br)c2cc(Br)sc2C)c1F. The zero-order valence-electron chi connectivity index (χ0n) is 9.73. The summed E-state index contributed by atoms with van der Waals surface area (Å²) in [5.74, 6) is -1.01. The molecular weight excluding hydrogens is 386 g/mol. The quantitative estimate of drug-likeness (QED) is 0.556. The smallest absolute Gasteiger partial charge is 0.133 e. The van der Waals surface area contributed by atoms with Crippen LogP contribution in [0.2, 0.25) is 0 Å². The maximum atomic E-state index is 14.1. The molecule has 2 rings (SSSR count). The number of halogens is 4. The van der Waals surface area contributed by atoms with Crippen molar-refractivity contribution in [2.24, 2.45) is 0 Å². The minimum atomic E-state index is -0.526. The molecule has 1 atom stereocenters. The molecule has 0 bridgehead atoms. The van der Waals surface area contributed by atoms with Crippen LogP contribution in [0.5, 0.6) is 0 Å². The van der Waals surface area contributed by atoms with Crippen molar-refractivity contribution in [2.45, 2.75) is 18.7 Å². The van der Waals surface area contributed by atoms with Crippen molar-refractivity contribution in [3.05, 3.63) is 55.2 Å². The third kappa shape index (κ3) is 2.53. The summed E-state index contributed by atoms with van der Waals surface area (Å²) in [5.41, 5.74) is 1.40. The molecule has 0 aliphatic heterocycles. The molecule has 0 fully saturated rings. The number of rotatable bonds is 2. The lowest BCUT2D eigenvalue weighted by Gasteiger charge is -2.13. The van der Waals surface area contributed by atoms with Crippen LogP contribution >= 0.6 is 43.2 Å². The van der Waals surface area contributed by atoms with Gasteiger partial charge in [0, 0.05) is 10.4 Å². The van der Waals surface area contributed by atoms with Gasteiger partial charge in [0.25, 0.3) is 0 Å². The Bertz CT molecular complexity index is 593. The summed E-state index contributed by atoms with van der Waals surface area (Å²) in [6, 6.07) is 4.64. The fourth-order valence-electron chi connectivity index (χ4n) is 1.78. The molecule has 0 radical (unpaired) electrons. The highest BCUT2D eigenvalue weighted by Gasteiger charge is 2.23. The van der Waals surface area contributed by atoms with Crippen LogP contribution in [0.3, 0.4) is 0 Å². The minimum Gasteiger partial charge on any atom is -0.207 e. The van der Waals surface area contributed by atoms with Crippen LogP contribution in [0.25, 0.3) is 0 Å². The van der Waals surface area contributed by atoms with E-state index in [4.69, 9.17) is 0 Å². The van der Waals surface area contributed by atoms with Crippen LogP contribution in [-0.2, 0) is 0 Å². The maximum absolute atomic E-state index is 14.1. The molecule has 5 heteroatoms. The molecule has 1 unspecified atom stereocenters. The molecular formula is C13H10Br2F2S. The molecule has 0 saturated carbocycles. The van der Waals surface area contributed by atoms with Crippen molar-refractivity contribution in [2.75, 3.05) is 0 Å². The molecule has 2 aromatic rings. The Labute approximate surface area is 125 Å². The number of aryl methyl sites for hydroxylation is 2. The Morgan fingerprint density at radius 2 is 1.89 bits per heavy atom. The van der Waals surface area contributed by atoms with Crippen LogP contribution < -0.4 is 0 Å². The lowest BCUT2D eigenvalue weighted by Crippen LogP contribution is -2.02. The van der Waals surface area contributed by atoms with Crippen molar-refractivity contribution in [3.8, 4) is 0 Å². The van der Waals surface area contributed by atoms with Crippen LogP contribution in [0.4, 0.5) is 8.78 Å². The predicted molar refractivity (Wildman–Crippen MR) is 78.6 cm³/mol. The van der Waals surface area contributed by atoms with E-state index >= 15 is 0 Å². The van der Waals surface area contributed by atoms with Crippen molar-refractivity contribution in [1.82, 2.24) is 0 Å². The molecule has 0 spiro atoms. The normalized spacial score (nSPS) is 12.8. The van der Waals surface area contributed by atoms with E-state index in [1.165, 1.54) is 12.1 Å². The fourth-order valence-corrected chi connectivity index (χ4v) is 4.57. The molecule has 96 valence electrons. The third-order valence-electron chi connectivity index (χ3n) is 2.77. The monoisotopic (exact) mass is 394 g/mol. The second kappa shape index (κ2) is 5.39. The van der Waals surface area contributed by atoms with Gasteiger partial charge in [0.15, 0.2) is 0 Å². The second-order valence-electron chi connectivity index (χ2n) is 4.02. The highest BCUT2D eigenvalue weighted by atomic mass is 79.9. The Morgan fingerprint density at radius 1 is 1.22 bits per heavy atom. The van der Waals surface area contributed by atoms with E-state index in [-0.39, 0.29) is 5.56 Å². The van der Waals surface area contributed by atoms with Gasteiger partial charge in [0.1, 0.15) is 11.6 Å². The molecule has 0 aliphatic carbocycles. The Kier molecular flexibility index (Phi) is 4.24. The van der Waals surface area contributed by atoms with Crippen LogP contribution in [0, 0.1) is 25.5 Å². The van der Waals surface area contributed by atoms with Gasteiger partial charge in [-0.3, -0.25) is 0 Å². The number of hydrogen-bond acceptors (Lipinski definition) is 1. The minimum absolute atomic E-state index is 0.0726. The van der Waals surface area contributed by atoms with Gasteiger partial charge in [0.2, 0.25) is 0 Å². The Morgan fingerprint density at radius 3 is 2.44 bits per heavy atom. The third-order valence-corrected chi connectivity index (χ3v) is 5.29. The van der Waals surface area contributed by atoms with E-state index in [1.807, 2.05) is 13.0 Å². The number of benzene rings is 1. The van der Waals surface area contributed by atoms with E-state index in [0.29, 0.717) is 5.56 Å². The second-order valence-corrected chi connectivity index (χ2v) is 7.57. The molecule has 0 nitrogen and oxygen atoms in total. The first kappa shape index (κ1) is 14.2. The van der Waals surface area contributed by atoms with Crippen LogP contribution in [0.1, 0.15) is 26.4 Å². The van der Waals surface area contributed by atoms with E-state index in [1.54, 1.807) is 18.3 Å². The molecule has 0 aliphatic rings. The van der Waals surface area contributed by atoms with Gasteiger partial charge >= 0.3 is 0 Å². The Hall–Kier alpha value is -0.260. The van der Waals surface area contributed by atoms with E-state index < -0.39 is 16.5 Å². The maximum Gasteiger partial charge on any atom is 0.133 e. The van der Waals surface area contributed by atoms with Gasteiger partial charge < -0.3 is 0 Å². The first-order valence-corrected chi connectivity index (χ1v) is 7.78. The van der Waals surface area contributed by atoms with Gasteiger partial charge in [-0.05, 0) is 53.0 Å². The van der Waals surface area contributed by atoms with Crippen molar-refractivity contribution < 1.29 is 8.78 Å². The molecule has 1 heterocycles. The zero-order valence-corrected chi connectivity index (χ0v) is 13.7. The number of thiophene rings is 1. The van der Waals surface area contributed by atoms with Gasteiger partial charge in [-0.25, -0.2) is 8.78 Å². The van der Waals surface area contributed by atoms with Gasteiger partial charge in [0.05, 0.1) is 8.61 Å². The Balaban J connectivity index is 2.56. The van der Waals surface area contributed by atoms with Gasteiger partial charge in [-0.1, -0.05) is 22.0 Å². The van der Waals surface area contributed by atoms with Gasteiger partial charge in [-0.2, -0.15) is 0 Å². The summed E-state index contributed by atoms with van der Waals surface area (Å²) >= 11 is 8.34. The first-order chi connectivity index (χ1) is 8.41. The fraction of sp³-hybridized carbons (Fsp3) is 0.231. The summed E-state index contributed by atoms with van der Waals surface area (Å²) in [4.78, 5) is 0.559. The van der Waals surface area contributed by atoms with Crippen molar-refractivity contribution in [1.29, 1.82) is 0 Å². The van der Waals surface area contributed by atoms with Crippen molar-refractivity contribution >= 4 is 43.2 Å². The molecule has 1 aromatic carbocycles. The van der Waals surface area contributed by atoms with E-state index in [2.05, 4.69) is 31.9 Å². The predicted octanol–water partition coefficient (Wildman–Crippen LogP) is 5.89. The standard InChI is InChI=1S/C13H10Br2F2S/c1-6-3-4-9(16)11(13(6)17)12(15)8-5-10(14)18-7(8)2/h3-5,12H,1-2H3. The highest BCUT2D eigenvalue weighted by molar-refractivity contribution is 9.11. The summed E-state index contributed by atoms with van der Waals surface area (Å²) in [6.45, 7) is 3.57. The summed E-state index contributed by atoms with van der Waals surface area (Å²) in [6.07, 6.45) is 0. The summed E-state index contributed by atoms with van der Waals surface area (Å²) in [7, 11) is 0.